The zero-order valence-electron chi connectivity index (χ0n) is 16.2. The van der Waals surface area contributed by atoms with E-state index in [0.29, 0.717) is 19.3 Å². The van der Waals surface area contributed by atoms with Crippen molar-refractivity contribution in [2.24, 2.45) is 0 Å². The van der Waals surface area contributed by atoms with Crippen LogP contribution in [-0.4, -0.2) is 26.5 Å². The first-order valence-corrected chi connectivity index (χ1v) is 11.9. The van der Waals surface area contributed by atoms with Gasteiger partial charge in [0.25, 0.3) is 0 Å². The molecule has 1 atom stereocenters. The zero-order valence-corrected chi connectivity index (χ0v) is 17.2. The fraction of sp³-hybridized carbons (Fsp3) is 0.524. The van der Waals surface area contributed by atoms with Crippen molar-refractivity contribution in [3.8, 4) is 0 Å². The van der Waals surface area contributed by atoms with Gasteiger partial charge in [0.1, 0.15) is 6.29 Å². The molecule has 0 bridgehead atoms. The second kappa shape index (κ2) is 9.83. The zero-order chi connectivity index (χ0) is 18.9. The minimum absolute atomic E-state index is 0.101. The molecule has 0 spiro atoms. The first-order chi connectivity index (χ1) is 11.7. The number of ketones is 1. The van der Waals surface area contributed by atoms with Crippen molar-refractivity contribution in [2.75, 3.05) is 0 Å². The summed E-state index contributed by atoms with van der Waals surface area (Å²) in [6, 6.07) is 10.0. The highest BCUT2D eigenvalue weighted by molar-refractivity contribution is 6.74. The lowest BCUT2D eigenvalue weighted by molar-refractivity contribution is -0.114. The van der Waals surface area contributed by atoms with Gasteiger partial charge < -0.3 is 9.22 Å². The average Bonchev–Trinajstić information content (AvgIpc) is 2.52. The number of carbonyl (C=O) groups excluding carboxylic acids is 2. The molecule has 138 valence electrons. The highest BCUT2D eigenvalue weighted by atomic mass is 28.4. The highest BCUT2D eigenvalue weighted by Crippen LogP contribution is 2.37. The molecule has 0 fully saturated rings. The maximum Gasteiger partial charge on any atom is 0.192 e. The van der Waals surface area contributed by atoms with E-state index in [1.165, 1.54) is 5.56 Å². The third-order valence-electron chi connectivity index (χ3n) is 4.83. The number of rotatable bonds is 10. The fourth-order valence-electron chi connectivity index (χ4n) is 2.24. The van der Waals surface area contributed by atoms with Gasteiger partial charge in [-0.25, -0.2) is 0 Å². The molecule has 0 saturated carbocycles. The predicted octanol–water partition coefficient (Wildman–Crippen LogP) is 5.11. The number of aryl methyl sites for hydroxylation is 1. The van der Waals surface area contributed by atoms with Crippen LogP contribution in [0.2, 0.25) is 18.1 Å². The maximum atomic E-state index is 12.0. The van der Waals surface area contributed by atoms with Crippen LogP contribution < -0.4 is 0 Å². The molecule has 0 radical (unpaired) electrons. The Balaban J connectivity index is 2.51. The third-order valence-corrected chi connectivity index (χ3v) is 9.37. The SMILES string of the molecule is CC(C)(C)[Si](C)(C)O[C@@H](CC=O)C/C=C/C(=O)CCc1ccccc1. The van der Waals surface area contributed by atoms with Gasteiger partial charge in [0, 0.05) is 12.8 Å². The Morgan fingerprint density at radius 1 is 1.16 bits per heavy atom. The molecule has 25 heavy (non-hydrogen) atoms. The van der Waals surface area contributed by atoms with E-state index in [1.807, 2.05) is 36.4 Å². The number of allylic oxidation sites excluding steroid dienone is 1. The summed E-state index contributed by atoms with van der Waals surface area (Å²) in [5.74, 6) is 0.112. The van der Waals surface area contributed by atoms with Crippen LogP contribution in [0.3, 0.4) is 0 Å². The van der Waals surface area contributed by atoms with Crippen LogP contribution in [0.4, 0.5) is 0 Å². The second-order valence-electron chi connectivity index (χ2n) is 7.99. The Hall–Kier alpha value is -1.52. The number of hydrogen-bond donors (Lipinski definition) is 0. The Bertz CT molecular complexity index is 571. The van der Waals surface area contributed by atoms with Gasteiger partial charge in [0.15, 0.2) is 14.1 Å². The standard InChI is InChI=1S/C21H32O3Si/c1-21(2,3)25(4,5)24-20(16-17-22)13-9-12-19(23)15-14-18-10-7-6-8-11-18/h6-12,17,20H,13-16H2,1-5H3/b12-9+/t20-/m1/s1. The van der Waals surface area contributed by atoms with Crippen molar-refractivity contribution in [1.29, 1.82) is 0 Å². The number of benzene rings is 1. The van der Waals surface area contributed by atoms with Gasteiger partial charge in [-0.1, -0.05) is 57.2 Å². The predicted molar refractivity (Wildman–Crippen MR) is 106 cm³/mol. The van der Waals surface area contributed by atoms with Gasteiger partial charge >= 0.3 is 0 Å². The van der Waals surface area contributed by atoms with Crippen molar-refractivity contribution < 1.29 is 14.0 Å². The summed E-state index contributed by atoms with van der Waals surface area (Å²) in [5.41, 5.74) is 1.17. The lowest BCUT2D eigenvalue weighted by Gasteiger charge is -2.38. The molecule has 0 N–H and O–H groups in total. The summed E-state index contributed by atoms with van der Waals surface area (Å²) >= 11 is 0. The van der Waals surface area contributed by atoms with Crippen LogP contribution in [0.25, 0.3) is 0 Å². The Morgan fingerprint density at radius 3 is 2.36 bits per heavy atom. The molecule has 0 aliphatic rings. The van der Waals surface area contributed by atoms with Gasteiger partial charge in [-0.3, -0.25) is 4.79 Å². The minimum atomic E-state index is -1.92. The Kier molecular flexibility index (Phi) is 8.46. The van der Waals surface area contributed by atoms with Gasteiger partial charge in [0.05, 0.1) is 6.10 Å². The Morgan fingerprint density at radius 2 is 1.80 bits per heavy atom. The number of aldehydes is 1. The fourth-order valence-corrected chi connectivity index (χ4v) is 3.62. The first kappa shape index (κ1) is 21.5. The summed E-state index contributed by atoms with van der Waals surface area (Å²) in [4.78, 5) is 23.0. The molecule has 1 aromatic carbocycles. The third kappa shape index (κ3) is 7.93. The molecular weight excluding hydrogens is 328 g/mol. The monoisotopic (exact) mass is 360 g/mol. The van der Waals surface area contributed by atoms with Crippen molar-refractivity contribution in [3.05, 3.63) is 48.0 Å². The van der Waals surface area contributed by atoms with Gasteiger partial charge in [0.2, 0.25) is 0 Å². The van der Waals surface area contributed by atoms with Crippen LogP contribution in [0.15, 0.2) is 42.5 Å². The van der Waals surface area contributed by atoms with Crippen LogP contribution in [0.1, 0.15) is 45.6 Å². The highest BCUT2D eigenvalue weighted by Gasteiger charge is 2.38. The van der Waals surface area contributed by atoms with Gasteiger partial charge in [-0.2, -0.15) is 0 Å². The Labute approximate surface area is 153 Å². The lowest BCUT2D eigenvalue weighted by atomic mass is 10.1. The van der Waals surface area contributed by atoms with Crippen molar-refractivity contribution in [1.82, 2.24) is 0 Å². The van der Waals surface area contributed by atoms with Crippen molar-refractivity contribution >= 4 is 20.4 Å². The molecule has 0 aliphatic heterocycles. The molecule has 3 nitrogen and oxygen atoms in total. The molecule has 0 unspecified atom stereocenters. The van der Waals surface area contributed by atoms with E-state index in [0.717, 1.165) is 12.7 Å². The van der Waals surface area contributed by atoms with E-state index in [2.05, 4.69) is 33.9 Å². The maximum absolute atomic E-state index is 12.0. The van der Waals surface area contributed by atoms with Crippen LogP contribution in [-0.2, 0) is 20.4 Å². The van der Waals surface area contributed by atoms with Gasteiger partial charge in [-0.15, -0.1) is 0 Å². The topological polar surface area (TPSA) is 43.4 Å². The van der Waals surface area contributed by atoms with E-state index < -0.39 is 8.32 Å². The van der Waals surface area contributed by atoms with E-state index in [1.54, 1.807) is 6.08 Å². The average molecular weight is 361 g/mol. The molecule has 4 heteroatoms. The van der Waals surface area contributed by atoms with Crippen LogP contribution >= 0.6 is 0 Å². The number of carbonyl (C=O) groups is 2. The molecule has 0 heterocycles. The van der Waals surface area contributed by atoms with E-state index in [9.17, 15) is 9.59 Å². The van der Waals surface area contributed by atoms with E-state index >= 15 is 0 Å². The minimum Gasteiger partial charge on any atom is -0.413 e. The number of hydrogen-bond acceptors (Lipinski definition) is 3. The van der Waals surface area contributed by atoms with Crippen molar-refractivity contribution in [3.63, 3.8) is 0 Å². The van der Waals surface area contributed by atoms with Crippen LogP contribution in [0.5, 0.6) is 0 Å². The lowest BCUT2D eigenvalue weighted by Crippen LogP contribution is -2.44. The molecule has 0 aromatic heterocycles. The summed E-state index contributed by atoms with van der Waals surface area (Å²) in [6.07, 6.45) is 6.48. The summed E-state index contributed by atoms with van der Waals surface area (Å²) in [6.45, 7) is 10.9. The molecular formula is C21H32O3Si. The van der Waals surface area contributed by atoms with Crippen LogP contribution in [0, 0.1) is 0 Å². The van der Waals surface area contributed by atoms with Crippen molar-refractivity contribution in [2.45, 2.75) is 70.7 Å². The molecule has 1 aromatic rings. The normalized spacial score (nSPS) is 13.8. The quantitative estimate of drug-likeness (QED) is 0.331. The van der Waals surface area contributed by atoms with Gasteiger partial charge in [-0.05, 0) is 42.6 Å². The second-order valence-corrected chi connectivity index (χ2v) is 12.7. The summed E-state index contributed by atoms with van der Waals surface area (Å²) in [7, 11) is -1.92. The molecule has 0 amide bonds. The van der Waals surface area contributed by atoms with E-state index in [4.69, 9.17) is 4.43 Å². The van der Waals surface area contributed by atoms with E-state index in [-0.39, 0.29) is 16.9 Å². The molecule has 1 rings (SSSR count). The summed E-state index contributed by atoms with van der Waals surface area (Å²) in [5, 5.41) is 0.101. The molecule has 0 saturated heterocycles. The molecule has 0 aliphatic carbocycles. The first-order valence-electron chi connectivity index (χ1n) is 9.00. The largest absolute Gasteiger partial charge is 0.413 e. The summed E-state index contributed by atoms with van der Waals surface area (Å²) < 4.78 is 6.30. The smallest absolute Gasteiger partial charge is 0.192 e.